The smallest absolute Gasteiger partial charge is 0.268 e. The van der Waals surface area contributed by atoms with E-state index in [4.69, 9.17) is 11.6 Å². The zero-order chi connectivity index (χ0) is 19.9. The Balaban J connectivity index is 1.91. The van der Waals surface area contributed by atoms with Crippen LogP contribution in [0.5, 0.6) is 0 Å². The van der Waals surface area contributed by atoms with Gasteiger partial charge < -0.3 is 0 Å². The molecule has 6 heteroatoms. The molecule has 0 saturated carbocycles. The maximum absolute atomic E-state index is 13.2. The Morgan fingerprint density at radius 1 is 0.893 bits per heavy atom. The van der Waals surface area contributed by atoms with Gasteiger partial charge in [-0.3, -0.25) is 4.79 Å². The van der Waals surface area contributed by atoms with Gasteiger partial charge in [0.05, 0.1) is 10.4 Å². The van der Waals surface area contributed by atoms with Crippen molar-refractivity contribution in [1.29, 1.82) is 0 Å². The van der Waals surface area contributed by atoms with Gasteiger partial charge in [0.2, 0.25) is 0 Å². The number of aromatic nitrogens is 1. The van der Waals surface area contributed by atoms with E-state index in [1.807, 2.05) is 6.92 Å². The molecule has 3 aromatic carbocycles. The van der Waals surface area contributed by atoms with E-state index in [-0.39, 0.29) is 10.7 Å². The fourth-order valence-corrected chi connectivity index (χ4v) is 4.61. The molecule has 0 radical (unpaired) electrons. The molecule has 0 aliphatic heterocycles. The number of carbonyl (C=O) groups excluding carboxylic acids is 1. The van der Waals surface area contributed by atoms with Gasteiger partial charge in [0, 0.05) is 27.7 Å². The Bertz CT molecular complexity index is 1290. The summed E-state index contributed by atoms with van der Waals surface area (Å²) >= 11 is 5.91. The maximum atomic E-state index is 13.2. The topological polar surface area (TPSA) is 56.1 Å². The number of aryl methyl sites for hydroxylation is 1. The van der Waals surface area contributed by atoms with E-state index in [9.17, 15) is 13.2 Å². The normalized spacial score (nSPS) is 11.6. The van der Waals surface area contributed by atoms with E-state index in [1.54, 1.807) is 72.8 Å². The highest BCUT2D eigenvalue weighted by Gasteiger charge is 2.24. The lowest BCUT2D eigenvalue weighted by molar-refractivity contribution is 0.104. The molecule has 28 heavy (non-hydrogen) atoms. The highest BCUT2D eigenvalue weighted by Crippen LogP contribution is 2.28. The minimum atomic E-state index is -3.84. The van der Waals surface area contributed by atoms with E-state index in [0.717, 1.165) is 5.56 Å². The number of para-hydroxylation sites is 1. The molecule has 0 spiro atoms. The zero-order valence-corrected chi connectivity index (χ0v) is 16.5. The molecule has 0 aliphatic carbocycles. The van der Waals surface area contributed by atoms with Crippen LogP contribution in [-0.2, 0) is 10.0 Å². The lowest BCUT2D eigenvalue weighted by atomic mass is 10.0. The first-order valence-corrected chi connectivity index (χ1v) is 10.4. The van der Waals surface area contributed by atoms with Crippen LogP contribution in [0.1, 0.15) is 21.5 Å². The molecule has 0 saturated heterocycles. The van der Waals surface area contributed by atoms with Crippen LogP contribution in [0.2, 0.25) is 5.02 Å². The Hall–Kier alpha value is -2.89. The maximum Gasteiger partial charge on any atom is 0.268 e. The molecular weight excluding hydrogens is 394 g/mol. The van der Waals surface area contributed by atoms with Crippen molar-refractivity contribution < 1.29 is 13.2 Å². The van der Waals surface area contributed by atoms with Gasteiger partial charge in [-0.15, -0.1) is 0 Å². The number of rotatable bonds is 4. The second-order valence-electron chi connectivity index (χ2n) is 6.51. The molecule has 140 valence electrons. The van der Waals surface area contributed by atoms with Crippen molar-refractivity contribution >= 4 is 38.3 Å². The molecule has 0 bridgehead atoms. The lowest BCUT2D eigenvalue weighted by Crippen LogP contribution is -2.12. The van der Waals surface area contributed by atoms with E-state index >= 15 is 0 Å². The van der Waals surface area contributed by atoms with Crippen LogP contribution >= 0.6 is 11.6 Å². The molecule has 0 amide bonds. The Labute approximate surface area is 168 Å². The second-order valence-corrected chi connectivity index (χ2v) is 8.76. The summed E-state index contributed by atoms with van der Waals surface area (Å²) in [6.45, 7) is 1.89. The van der Waals surface area contributed by atoms with Crippen molar-refractivity contribution in [2.24, 2.45) is 0 Å². The predicted octanol–water partition coefficient (Wildman–Crippen LogP) is 5.07. The molecule has 0 aliphatic rings. The lowest BCUT2D eigenvalue weighted by Gasteiger charge is -2.07. The number of benzene rings is 3. The quantitative estimate of drug-likeness (QED) is 0.442. The van der Waals surface area contributed by atoms with Gasteiger partial charge in [0.1, 0.15) is 0 Å². The van der Waals surface area contributed by atoms with E-state index in [1.165, 1.54) is 10.2 Å². The summed E-state index contributed by atoms with van der Waals surface area (Å²) in [6, 6.07) is 20.1. The minimum Gasteiger partial charge on any atom is -0.289 e. The molecular formula is C22H16ClNO3S. The number of hydrogen-bond donors (Lipinski definition) is 0. The summed E-state index contributed by atoms with van der Waals surface area (Å²) in [6.07, 6.45) is 1.40. The van der Waals surface area contributed by atoms with Crippen molar-refractivity contribution in [2.75, 3.05) is 0 Å². The number of ketones is 1. The predicted molar refractivity (Wildman–Crippen MR) is 111 cm³/mol. The summed E-state index contributed by atoms with van der Waals surface area (Å²) < 4.78 is 27.6. The van der Waals surface area contributed by atoms with E-state index < -0.39 is 10.0 Å². The molecule has 4 nitrogen and oxygen atoms in total. The largest absolute Gasteiger partial charge is 0.289 e. The molecule has 4 rings (SSSR count). The van der Waals surface area contributed by atoms with Gasteiger partial charge in [-0.05, 0) is 49.4 Å². The van der Waals surface area contributed by atoms with Crippen LogP contribution in [0.25, 0.3) is 10.9 Å². The monoisotopic (exact) mass is 409 g/mol. The van der Waals surface area contributed by atoms with Gasteiger partial charge in [0.15, 0.2) is 5.78 Å². The van der Waals surface area contributed by atoms with Gasteiger partial charge in [-0.1, -0.05) is 47.5 Å². The Morgan fingerprint density at radius 3 is 2.21 bits per heavy atom. The molecule has 1 heterocycles. The van der Waals surface area contributed by atoms with Gasteiger partial charge in [0.25, 0.3) is 10.0 Å². The van der Waals surface area contributed by atoms with Crippen LogP contribution in [0, 0.1) is 6.92 Å². The first kappa shape index (κ1) is 18.5. The number of fused-ring (bicyclic) bond motifs is 1. The van der Waals surface area contributed by atoms with Gasteiger partial charge >= 0.3 is 0 Å². The van der Waals surface area contributed by atoms with Crippen LogP contribution in [-0.4, -0.2) is 18.2 Å². The molecule has 0 unspecified atom stereocenters. The zero-order valence-electron chi connectivity index (χ0n) is 15.0. The van der Waals surface area contributed by atoms with Gasteiger partial charge in [-0.25, -0.2) is 12.4 Å². The summed E-state index contributed by atoms with van der Waals surface area (Å²) in [5, 5.41) is 1.11. The third kappa shape index (κ3) is 3.13. The number of nitrogens with zero attached hydrogens (tertiary/aromatic N) is 1. The summed E-state index contributed by atoms with van der Waals surface area (Å²) in [5.74, 6) is -0.259. The molecule has 1 aromatic heterocycles. The Morgan fingerprint density at radius 2 is 1.54 bits per heavy atom. The second kappa shape index (κ2) is 6.93. The van der Waals surface area contributed by atoms with Crippen LogP contribution in [0.3, 0.4) is 0 Å². The summed E-state index contributed by atoms with van der Waals surface area (Å²) in [5.41, 5.74) is 2.20. The SMILES string of the molecule is Cc1ccc(S(=O)(=O)n2cc(C(=O)c3ccc(Cl)cc3)c3ccccc32)cc1. The number of hydrogen-bond acceptors (Lipinski definition) is 3. The molecule has 0 atom stereocenters. The highest BCUT2D eigenvalue weighted by atomic mass is 35.5. The van der Waals surface area contributed by atoms with Gasteiger partial charge in [-0.2, -0.15) is 0 Å². The highest BCUT2D eigenvalue weighted by molar-refractivity contribution is 7.90. The Kier molecular flexibility index (Phi) is 4.57. The number of carbonyl (C=O) groups is 1. The summed E-state index contributed by atoms with van der Waals surface area (Å²) in [7, 11) is -3.84. The minimum absolute atomic E-state index is 0.171. The van der Waals surface area contributed by atoms with Crippen molar-refractivity contribution in [3.8, 4) is 0 Å². The van der Waals surface area contributed by atoms with Crippen LogP contribution in [0.4, 0.5) is 0 Å². The van der Waals surface area contributed by atoms with Crippen LogP contribution < -0.4 is 0 Å². The molecule has 0 fully saturated rings. The number of halogens is 1. The fourth-order valence-electron chi connectivity index (χ4n) is 3.11. The first-order chi connectivity index (χ1) is 13.4. The average molecular weight is 410 g/mol. The van der Waals surface area contributed by atoms with E-state index in [2.05, 4.69) is 0 Å². The summed E-state index contributed by atoms with van der Waals surface area (Å²) in [4.78, 5) is 13.2. The molecule has 0 N–H and O–H groups in total. The van der Waals surface area contributed by atoms with E-state index in [0.29, 0.717) is 27.1 Å². The van der Waals surface area contributed by atoms with Crippen molar-refractivity contribution in [1.82, 2.24) is 3.97 Å². The van der Waals surface area contributed by atoms with Crippen LogP contribution in [0.15, 0.2) is 83.9 Å². The average Bonchev–Trinajstić information content (AvgIpc) is 3.09. The molecule has 4 aromatic rings. The third-order valence-corrected chi connectivity index (χ3v) is 6.55. The van der Waals surface area contributed by atoms with Crippen molar-refractivity contribution in [3.05, 3.63) is 101 Å². The third-order valence-electron chi connectivity index (χ3n) is 4.61. The van der Waals surface area contributed by atoms with Crippen molar-refractivity contribution in [3.63, 3.8) is 0 Å². The standard InChI is InChI=1S/C22H16ClNO3S/c1-15-6-12-18(13-7-15)28(26,27)24-14-20(19-4-2-3-5-21(19)24)22(25)16-8-10-17(23)11-9-16/h2-14H,1H3. The fraction of sp³-hybridized carbons (Fsp3) is 0.0455. The van der Waals surface area contributed by atoms with Crippen molar-refractivity contribution in [2.45, 2.75) is 11.8 Å². The first-order valence-electron chi connectivity index (χ1n) is 8.60.